The van der Waals surface area contributed by atoms with Crippen molar-refractivity contribution < 1.29 is 23.1 Å². The molecule has 0 radical (unpaired) electrons. The van der Waals surface area contributed by atoms with Gasteiger partial charge in [0.1, 0.15) is 23.4 Å². The van der Waals surface area contributed by atoms with E-state index < -0.39 is 5.85 Å². The molecule has 0 unspecified atom stereocenters. The van der Waals surface area contributed by atoms with Crippen LogP contribution in [0.3, 0.4) is 0 Å². The topological polar surface area (TPSA) is 97.3 Å². The molecule has 1 fully saturated rings. The van der Waals surface area contributed by atoms with Crippen molar-refractivity contribution in [2.75, 3.05) is 13.2 Å². The highest BCUT2D eigenvalue weighted by atomic mass is 19.2. The smallest absolute Gasteiger partial charge is 0.297 e. The summed E-state index contributed by atoms with van der Waals surface area (Å²) in [6.45, 7) is 6.56. The van der Waals surface area contributed by atoms with E-state index in [1.54, 1.807) is 28.9 Å². The lowest BCUT2D eigenvalue weighted by molar-refractivity contribution is -0.0257. The van der Waals surface area contributed by atoms with Crippen molar-refractivity contribution in [3.8, 4) is 34.6 Å². The zero-order valence-corrected chi connectivity index (χ0v) is 20.5. The number of aryl methyl sites for hydroxylation is 1. The normalized spacial score (nSPS) is 14.7. The van der Waals surface area contributed by atoms with Gasteiger partial charge in [-0.05, 0) is 48.9 Å². The van der Waals surface area contributed by atoms with E-state index in [-0.39, 0.29) is 12.0 Å². The molecule has 0 bridgehead atoms. The minimum absolute atomic E-state index is 0.180. The fourth-order valence-corrected chi connectivity index (χ4v) is 3.92. The van der Waals surface area contributed by atoms with E-state index in [1.807, 2.05) is 31.2 Å². The quantitative estimate of drug-likeness (QED) is 0.339. The number of halogens is 1. The van der Waals surface area contributed by atoms with Gasteiger partial charge in [-0.1, -0.05) is 17.3 Å². The molecule has 1 aliphatic rings. The number of benzene rings is 2. The second-order valence-electron chi connectivity index (χ2n) is 9.13. The lowest BCUT2D eigenvalue weighted by Crippen LogP contribution is -2.25. The summed E-state index contributed by atoms with van der Waals surface area (Å²) in [6.07, 6.45) is 1.98. The summed E-state index contributed by atoms with van der Waals surface area (Å²) in [5.74, 6) is 1.15. The van der Waals surface area contributed by atoms with Crippen molar-refractivity contribution in [1.29, 1.82) is 0 Å². The number of hydrogen-bond acceptors (Lipinski definition) is 8. The van der Waals surface area contributed by atoms with Crippen molar-refractivity contribution in [3.05, 3.63) is 59.9 Å². The van der Waals surface area contributed by atoms with Crippen molar-refractivity contribution in [2.24, 2.45) is 0 Å². The molecule has 2 aromatic carbocycles. The maximum atomic E-state index is 13.7. The Hall–Kier alpha value is -3.79. The first-order valence-corrected chi connectivity index (χ1v) is 11.9. The summed E-state index contributed by atoms with van der Waals surface area (Å²) in [5, 5.41) is 8.61. The summed E-state index contributed by atoms with van der Waals surface area (Å²) in [5.41, 5.74) is 1.75. The van der Waals surface area contributed by atoms with Crippen LogP contribution in [0.4, 0.5) is 4.39 Å². The number of alkyl halides is 1. The first-order chi connectivity index (χ1) is 17.3. The highest BCUT2D eigenvalue weighted by molar-refractivity contribution is 5.57. The van der Waals surface area contributed by atoms with Gasteiger partial charge >= 0.3 is 0 Å². The summed E-state index contributed by atoms with van der Waals surface area (Å²) < 4.78 is 37.6. The van der Waals surface area contributed by atoms with Crippen LogP contribution < -0.4 is 9.47 Å². The molecule has 0 spiro atoms. The molecule has 2 aromatic heterocycles. The van der Waals surface area contributed by atoms with E-state index >= 15 is 0 Å². The lowest BCUT2D eigenvalue weighted by Gasteiger charge is -2.23. The molecule has 0 aliphatic carbocycles. The Morgan fingerprint density at radius 1 is 1.03 bits per heavy atom. The highest BCUT2D eigenvalue weighted by Crippen LogP contribution is 2.25. The molecule has 5 rings (SSSR count). The summed E-state index contributed by atoms with van der Waals surface area (Å²) in [6, 6.07) is 14.8. The molecule has 0 saturated carbocycles. The van der Waals surface area contributed by atoms with Crippen LogP contribution in [0.1, 0.15) is 38.1 Å². The summed E-state index contributed by atoms with van der Waals surface area (Å²) in [4.78, 5) is 8.94. The van der Waals surface area contributed by atoms with Crippen LogP contribution in [0.2, 0.25) is 0 Å². The third-order valence-corrected chi connectivity index (χ3v) is 5.65. The number of rotatable bonds is 8. The Bertz CT molecular complexity index is 1310. The maximum absolute atomic E-state index is 13.7. The second-order valence-corrected chi connectivity index (χ2v) is 9.13. The van der Waals surface area contributed by atoms with Gasteiger partial charge in [-0.15, -0.1) is 5.10 Å². The van der Waals surface area contributed by atoms with Crippen LogP contribution >= 0.6 is 0 Å². The average molecular weight is 494 g/mol. The van der Waals surface area contributed by atoms with Gasteiger partial charge in [0.05, 0.1) is 19.8 Å². The van der Waals surface area contributed by atoms with Gasteiger partial charge in [-0.25, -0.2) is 9.67 Å². The molecule has 0 atom stereocenters. The number of nitrogens with zero attached hydrogens (tertiary/aromatic N) is 5. The minimum Gasteiger partial charge on any atom is -0.490 e. The number of hydrogen-bond donors (Lipinski definition) is 0. The van der Waals surface area contributed by atoms with Crippen LogP contribution in [0.25, 0.3) is 23.1 Å². The molecule has 4 aromatic rings. The summed E-state index contributed by atoms with van der Waals surface area (Å²) >= 11 is 0. The second kappa shape index (κ2) is 10.1. The molecule has 1 saturated heterocycles. The van der Waals surface area contributed by atoms with Crippen molar-refractivity contribution >= 4 is 0 Å². The van der Waals surface area contributed by atoms with Crippen LogP contribution in [-0.4, -0.2) is 50.1 Å². The average Bonchev–Trinajstić information content (AvgIpc) is 3.47. The van der Waals surface area contributed by atoms with Crippen molar-refractivity contribution in [2.45, 2.75) is 52.1 Å². The fraction of sp³-hybridized carbons (Fsp3) is 0.385. The highest BCUT2D eigenvalue weighted by Gasteiger charge is 2.19. The lowest BCUT2D eigenvalue weighted by atomic mass is 10.1. The Morgan fingerprint density at radius 3 is 2.56 bits per heavy atom. The first kappa shape index (κ1) is 23.9. The number of aromatic nitrogens is 5. The van der Waals surface area contributed by atoms with E-state index in [0.717, 1.165) is 43.2 Å². The third-order valence-electron chi connectivity index (χ3n) is 5.65. The van der Waals surface area contributed by atoms with Crippen LogP contribution in [0, 0.1) is 6.92 Å². The van der Waals surface area contributed by atoms with Crippen molar-refractivity contribution in [3.63, 3.8) is 0 Å². The van der Waals surface area contributed by atoms with Gasteiger partial charge in [0.15, 0.2) is 0 Å². The van der Waals surface area contributed by atoms with Gasteiger partial charge in [-0.2, -0.15) is 9.37 Å². The van der Waals surface area contributed by atoms with E-state index in [0.29, 0.717) is 29.5 Å². The maximum Gasteiger partial charge on any atom is 0.297 e. The molecule has 36 heavy (non-hydrogen) atoms. The van der Waals surface area contributed by atoms with E-state index in [2.05, 4.69) is 20.2 Å². The molecular weight excluding hydrogens is 465 g/mol. The predicted octanol–water partition coefficient (Wildman–Crippen LogP) is 4.99. The molecule has 188 valence electrons. The largest absolute Gasteiger partial charge is 0.490 e. The van der Waals surface area contributed by atoms with Crippen LogP contribution in [-0.2, 0) is 11.3 Å². The van der Waals surface area contributed by atoms with Gasteiger partial charge in [-0.3, -0.25) is 0 Å². The molecule has 9 nitrogen and oxygen atoms in total. The Morgan fingerprint density at radius 2 is 1.81 bits per heavy atom. The van der Waals surface area contributed by atoms with Crippen LogP contribution in [0.5, 0.6) is 11.5 Å². The monoisotopic (exact) mass is 493 g/mol. The molecule has 0 amide bonds. The first-order valence-electron chi connectivity index (χ1n) is 11.9. The SMILES string of the molecule is Cc1nc(-c2nc(-c3ccc(OC(C)(C)F)cc3)no2)nn1Cc1cccc(OC2CCOCC2)c1. The van der Waals surface area contributed by atoms with E-state index in [9.17, 15) is 4.39 Å². The molecule has 1 aliphatic heterocycles. The summed E-state index contributed by atoms with van der Waals surface area (Å²) in [7, 11) is 0. The Balaban J connectivity index is 1.27. The Kier molecular flexibility index (Phi) is 6.69. The van der Waals surface area contributed by atoms with Gasteiger partial charge in [0.25, 0.3) is 5.89 Å². The molecule has 0 N–H and O–H groups in total. The van der Waals surface area contributed by atoms with E-state index in [1.165, 1.54) is 13.8 Å². The van der Waals surface area contributed by atoms with E-state index in [4.69, 9.17) is 18.7 Å². The fourth-order valence-electron chi connectivity index (χ4n) is 3.92. The standard InChI is InChI=1S/C26H28FN5O4/c1-17-28-24(25-29-23(31-36-25)19-7-9-21(10-8-19)35-26(2,3)27)30-32(17)16-18-5-4-6-22(15-18)34-20-11-13-33-14-12-20/h4-10,15,20H,11-14,16H2,1-3H3. The minimum atomic E-state index is -1.76. The zero-order chi connectivity index (χ0) is 25.1. The molecule has 3 heterocycles. The Labute approximate surface area is 208 Å². The van der Waals surface area contributed by atoms with Crippen molar-refractivity contribution in [1.82, 2.24) is 24.9 Å². The predicted molar refractivity (Wildman–Crippen MR) is 129 cm³/mol. The van der Waals surface area contributed by atoms with Gasteiger partial charge in [0, 0.05) is 32.3 Å². The van der Waals surface area contributed by atoms with Gasteiger partial charge < -0.3 is 18.7 Å². The van der Waals surface area contributed by atoms with Gasteiger partial charge in [0.2, 0.25) is 17.5 Å². The molecule has 10 heteroatoms. The third kappa shape index (κ3) is 5.88. The zero-order valence-electron chi connectivity index (χ0n) is 20.5. The number of ether oxygens (including phenoxy) is 3. The molecular formula is C26H28FN5O4. The van der Waals surface area contributed by atoms with Crippen LogP contribution in [0.15, 0.2) is 53.1 Å².